The zero-order valence-electron chi connectivity index (χ0n) is 10.1. The summed E-state index contributed by atoms with van der Waals surface area (Å²) in [6.45, 7) is 5.99. The first-order valence-electron chi connectivity index (χ1n) is 5.97. The van der Waals surface area contributed by atoms with Gasteiger partial charge in [0.15, 0.2) is 0 Å². The molecule has 0 atom stereocenters. The van der Waals surface area contributed by atoms with Gasteiger partial charge in [0, 0.05) is 7.11 Å². The summed E-state index contributed by atoms with van der Waals surface area (Å²) in [6.07, 6.45) is 14.5. The molecule has 0 rings (SSSR count). The van der Waals surface area contributed by atoms with E-state index in [1.807, 2.05) is 6.08 Å². The lowest BCUT2D eigenvalue weighted by molar-refractivity contribution is 0.399. The molecule has 0 fully saturated rings. The molecule has 0 bridgehead atoms. The highest BCUT2D eigenvalue weighted by Gasteiger charge is 1.89. The Bertz CT molecular complexity index is 89.2. The van der Waals surface area contributed by atoms with Crippen molar-refractivity contribution < 1.29 is 5.11 Å². The van der Waals surface area contributed by atoms with E-state index in [4.69, 9.17) is 5.11 Å². The first-order chi connectivity index (χ1) is 6.91. The van der Waals surface area contributed by atoms with Gasteiger partial charge in [-0.1, -0.05) is 57.9 Å². The van der Waals surface area contributed by atoms with Gasteiger partial charge >= 0.3 is 0 Å². The van der Waals surface area contributed by atoms with Crippen LogP contribution in [-0.4, -0.2) is 12.2 Å². The van der Waals surface area contributed by atoms with Gasteiger partial charge in [-0.3, -0.25) is 0 Å². The fourth-order valence-electron chi connectivity index (χ4n) is 1.42. The molecule has 0 aromatic heterocycles. The van der Waals surface area contributed by atoms with Gasteiger partial charge in [-0.15, -0.1) is 6.58 Å². The Morgan fingerprint density at radius 2 is 1.29 bits per heavy atom. The quantitative estimate of drug-likeness (QED) is 0.434. The second-order valence-corrected chi connectivity index (χ2v) is 3.55. The summed E-state index contributed by atoms with van der Waals surface area (Å²) in [4.78, 5) is 0. The van der Waals surface area contributed by atoms with Crippen molar-refractivity contribution in [3.05, 3.63) is 12.7 Å². The molecule has 0 saturated heterocycles. The zero-order valence-corrected chi connectivity index (χ0v) is 10.1. The molecule has 86 valence electrons. The van der Waals surface area contributed by atoms with E-state index in [1.165, 1.54) is 57.8 Å². The number of aliphatic hydroxyl groups excluding tert-OH is 1. The Kier molecular flexibility index (Phi) is 21.3. The molecule has 0 spiro atoms. The standard InChI is InChI=1S/C12H24.CH4O/c1-3-5-7-9-11-12-10-8-6-4-2;1-2/h3H,1,4-12H2,2H3;2H,1H3. The van der Waals surface area contributed by atoms with Gasteiger partial charge in [-0.05, 0) is 12.8 Å². The Morgan fingerprint density at radius 3 is 1.71 bits per heavy atom. The van der Waals surface area contributed by atoms with E-state index in [1.54, 1.807) is 0 Å². The van der Waals surface area contributed by atoms with Crippen LogP contribution in [0.15, 0.2) is 12.7 Å². The Hall–Kier alpha value is -0.300. The molecule has 0 unspecified atom stereocenters. The second-order valence-electron chi connectivity index (χ2n) is 3.55. The van der Waals surface area contributed by atoms with E-state index in [0.29, 0.717) is 0 Å². The van der Waals surface area contributed by atoms with E-state index in [0.717, 1.165) is 7.11 Å². The maximum atomic E-state index is 7.00. The van der Waals surface area contributed by atoms with Crippen molar-refractivity contribution in [2.75, 3.05) is 7.11 Å². The molecule has 1 nitrogen and oxygen atoms in total. The van der Waals surface area contributed by atoms with Crippen LogP contribution in [0.3, 0.4) is 0 Å². The first kappa shape index (κ1) is 16.1. The van der Waals surface area contributed by atoms with Crippen LogP contribution in [0.4, 0.5) is 0 Å². The molecule has 1 heteroatoms. The van der Waals surface area contributed by atoms with Crippen LogP contribution in [0, 0.1) is 0 Å². The second kappa shape index (κ2) is 18.5. The van der Waals surface area contributed by atoms with Crippen LogP contribution in [0.2, 0.25) is 0 Å². The fraction of sp³-hybridized carbons (Fsp3) is 0.846. The molecule has 0 saturated carbocycles. The van der Waals surface area contributed by atoms with Crippen LogP contribution in [0.5, 0.6) is 0 Å². The molecule has 0 aliphatic rings. The van der Waals surface area contributed by atoms with Crippen molar-refractivity contribution in [3.8, 4) is 0 Å². The topological polar surface area (TPSA) is 20.2 Å². The van der Waals surface area contributed by atoms with E-state index < -0.39 is 0 Å². The molecule has 0 aromatic rings. The zero-order chi connectivity index (χ0) is 11.1. The average molecular weight is 200 g/mol. The maximum Gasteiger partial charge on any atom is 0.0319 e. The number of unbranched alkanes of at least 4 members (excludes halogenated alkanes) is 8. The third kappa shape index (κ3) is 17.7. The van der Waals surface area contributed by atoms with Gasteiger partial charge in [-0.25, -0.2) is 0 Å². The van der Waals surface area contributed by atoms with Gasteiger partial charge < -0.3 is 5.11 Å². The van der Waals surface area contributed by atoms with Crippen molar-refractivity contribution >= 4 is 0 Å². The number of allylic oxidation sites excluding steroid dienone is 1. The van der Waals surface area contributed by atoms with E-state index >= 15 is 0 Å². The average Bonchev–Trinajstić information content (AvgIpc) is 2.25. The fourth-order valence-corrected chi connectivity index (χ4v) is 1.42. The molecular weight excluding hydrogens is 172 g/mol. The minimum absolute atomic E-state index is 1.00. The van der Waals surface area contributed by atoms with Gasteiger partial charge in [-0.2, -0.15) is 0 Å². The number of hydrogen-bond acceptors (Lipinski definition) is 1. The first-order valence-corrected chi connectivity index (χ1v) is 5.97. The van der Waals surface area contributed by atoms with E-state index in [-0.39, 0.29) is 0 Å². The lowest BCUT2D eigenvalue weighted by atomic mass is 10.1. The van der Waals surface area contributed by atoms with Crippen molar-refractivity contribution in [1.29, 1.82) is 0 Å². The largest absolute Gasteiger partial charge is 0.400 e. The molecule has 0 aliphatic carbocycles. The summed E-state index contributed by atoms with van der Waals surface area (Å²) in [5, 5.41) is 7.00. The lowest BCUT2D eigenvalue weighted by Crippen LogP contribution is -1.79. The van der Waals surface area contributed by atoms with Crippen molar-refractivity contribution in [1.82, 2.24) is 0 Å². The minimum Gasteiger partial charge on any atom is -0.400 e. The van der Waals surface area contributed by atoms with E-state index in [2.05, 4.69) is 13.5 Å². The predicted octanol–water partition coefficient (Wildman–Crippen LogP) is 4.31. The molecule has 0 radical (unpaired) electrons. The minimum atomic E-state index is 1.00. The van der Waals surface area contributed by atoms with Crippen molar-refractivity contribution in [2.24, 2.45) is 0 Å². The Balaban J connectivity index is 0. The highest BCUT2D eigenvalue weighted by molar-refractivity contribution is 4.65. The Labute approximate surface area is 90.2 Å². The normalized spacial score (nSPS) is 9.07. The SMILES string of the molecule is C=CCCCCCCCCCC.CO. The number of aliphatic hydroxyl groups is 1. The van der Waals surface area contributed by atoms with Crippen LogP contribution >= 0.6 is 0 Å². The summed E-state index contributed by atoms with van der Waals surface area (Å²) in [7, 11) is 1.00. The van der Waals surface area contributed by atoms with Gasteiger partial charge in [0.2, 0.25) is 0 Å². The predicted molar refractivity (Wildman–Crippen MR) is 65.6 cm³/mol. The lowest BCUT2D eigenvalue weighted by Gasteiger charge is -1.99. The third-order valence-corrected chi connectivity index (χ3v) is 2.26. The summed E-state index contributed by atoms with van der Waals surface area (Å²) >= 11 is 0. The van der Waals surface area contributed by atoms with Crippen LogP contribution in [-0.2, 0) is 0 Å². The van der Waals surface area contributed by atoms with Gasteiger partial charge in [0.1, 0.15) is 0 Å². The van der Waals surface area contributed by atoms with Crippen LogP contribution in [0.1, 0.15) is 64.7 Å². The Morgan fingerprint density at radius 1 is 0.857 bits per heavy atom. The molecule has 14 heavy (non-hydrogen) atoms. The highest BCUT2D eigenvalue weighted by Crippen LogP contribution is 2.09. The van der Waals surface area contributed by atoms with Crippen LogP contribution < -0.4 is 0 Å². The summed E-state index contributed by atoms with van der Waals surface area (Å²) in [6, 6.07) is 0. The molecule has 0 aromatic carbocycles. The smallest absolute Gasteiger partial charge is 0.0319 e. The molecule has 0 heterocycles. The number of hydrogen-bond donors (Lipinski definition) is 1. The highest BCUT2D eigenvalue weighted by atomic mass is 16.2. The van der Waals surface area contributed by atoms with Crippen molar-refractivity contribution in [2.45, 2.75) is 64.7 Å². The van der Waals surface area contributed by atoms with Crippen molar-refractivity contribution in [3.63, 3.8) is 0 Å². The summed E-state index contributed by atoms with van der Waals surface area (Å²) in [5.74, 6) is 0. The van der Waals surface area contributed by atoms with E-state index in [9.17, 15) is 0 Å². The summed E-state index contributed by atoms with van der Waals surface area (Å²) in [5.41, 5.74) is 0. The molecule has 0 aliphatic heterocycles. The van der Waals surface area contributed by atoms with Gasteiger partial charge in [0.05, 0.1) is 0 Å². The monoisotopic (exact) mass is 200 g/mol. The molecular formula is C13H28O. The molecule has 1 N–H and O–H groups in total. The third-order valence-electron chi connectivity index (χ3n) is 2.26. The van der Waals surface area contributed by atoms with Crippen LogP contribution in [0.25, 0.3) is 0 Å². The van der Waals surface area contributed by atoms with Gasteiger partial charge in [0.25, 0.3) is 0 Å². The number of rotatable bonds is 9. The maximum absolute atomic E-state index is 7.00. The molecule has 0 amide bonds. The summed E-state index contributed by atoms with van der Waals surface area (Å²) < 4.78 is 0.